The highest BCUT2D eigenvalue weighted by molar-refractivity contribution is 5.82. The summed E-state index contributed by atoms with van der Waals surface area (Å²) in [5.74, 6) is 0.828. The number of hydrogen-bond donors (Lipinski definition) is 2. The molecule has 2 N–H and O–H groups in total. The van der Waals surface area contributed by atoms with Crippen LogP contribution >= 0.6 is 0 Å². The summed E-state index contributed by atoms with van der Waals surface area (Å²) < 4.78 is 1.82. The first-order valence-electron chi connectivity index (χ1n) is 6.06. The summed E-state index contributed by atoms with van der Waals surface area (Å²) in [5.41, 5.74) is 0. The number of nitrogens with one attached hydrogen (secondary N) is 2. The number of carbonyl (C=O) groups excluding carboxylic acids is 1. The van der Waals surface area contributed by atoms with Gasteiger partial charge in [-0.1, -0.05) is 6.42 Å². The van der Waals surface area contributed by atoms with Gasteiger partial charge in [0.2, 0.25) is 5.91 Å². The largest absolute Gasteiger partial charge is 0.345 e. The minimum atomic E-state index is -0.112. The predicted octanol–water partition coefficient (Wildman–Crippen LogP) is 0.134. The lowest BCUT2D eigenvalue weighted by Crippen LogP contribution is -2.47. The molecule has 1 unspecified atom stereocenters. The Morgan fingerprint density at radius 3 is 3.06 bits per heavy atom. The number of piperidine rings is 1. The molecule has 2 atom stereocenters. The minimum absolute atomic E-state index is 0.0557. The van der Waals surface area contributed by atoms with E-state index < -0.39 is 0 Å². The van der Waals surface area contributed by atoms with Crippen LogP contribution in [0.2, 0.25) is 0 Å². The van der Waals surface area contributed by atoms with E-state index in [0.29, 0.717) is 0 Å². The molecule has 1 fully saturated rings. The first kappa shape index (κ1) is 12.0. The van der Waals surface area contributed by atoms with Crippen LogP contribution in [0.4, 0.5) is 0 Å². The maximum Gasteiger partial charge on any atom is 0.237 e. The van der Waals surface area contributed by atoms with Crippen LogP contribution in [0.3, 0.4) is 0 Å². The molecule has 94 valence electrons. The van der Waals surface area contributed by atoms with E-state index in [4.69, 9.17) is 0 Å². The summed E-state index contributed by atoms with van der Waals surface area (Å²) in [6, 6.07) is -0.168. The monoisotopic (exact) mass is 237 g/mol. The van der Waals surface area contributed by atoms with Gasteiger partial charge in [-0.3, -0.25) is 4.79 Å². The quantitative estimate of drug-likeness (QED) is 0.784. The van der Waals surface area contributed by atoms with Crippen molar-refractivity contribution < 1.29 is 4.79 Å². The molecule has 1 aliphatic heterocycles. The molecule has 2 heterocycles. The van der Waals surface area contributed by atoms with E-state index in [1.165, 1.54) is 0 Å². The summed E-state index contributed by atoms with van der Waals surface area (Å²) in [6.07, 6.45) is 4.82. The van der Waals surface area contributed by atoms with Crippen LogP contribution in [0.1, 0.15) is 38.1 Å². The molecular formula is C11H19N5O. The molecule has 17 heavy (non-hydrogen) atoms. The fourth-order valence-electron chi connectivity index (χ4n) is 2.14. The third kappa shape index (κ3) is 2.82. The Morgan fingerprint density at radius 2 is 2.47 bits per heavy atom. The van der Waals surface area contributed by atoms with Crippen LogP contribution in [-0.2, 0) is 11.8 Å². The maximum atomic E-state index is 12.0. The van der Waals surface area contributed by atoms with Gasteiger partial charge in [0.25, 0.3) is 0 Å². The van der Waals surface area contributed by atoms with Gasteiger partial charge in [-0.05, 0) is 26.3 Å². The van der Waals surface area contributed by atoms with Crippen molar-refractivity contribution >= 4 is 5.91 Å². The Balaban J connectivity index is 1.92. The summed E-state index contributed by atoms with van der Waals surface area (Å²) in [5, 5.41) is 14.0. The Labute approximate surface area is 101 Å². The molecule has 1 aromatic heterocycles. The number of carbonyl (C=O) groups is 1. The van der Waals surface area contributed by atoms with Gasteiger partial charge in [0.15, 0.2) is 5.82 Å². The standard InChI is InChI=1S/C11H19N5O/c1-8(10-15-13-7-16(10)2)14-11(17)9-5-3-4-6-12-9/h7-9,12H,3-6H2,1-2H3,(H,14,17)/t8?,9-/m1/s1. The average Bonchev–Trinajstić information content (AvgIpc) is 2.76. The van der Waals surface area contributed by atoms with Gasteiger partial charge in [-0.15, -0.1) is 10.2 Å². The second-order valence-corrected chi connectivity index (χ2v) is 4.53. The van der Waals surface area contributed by atoms with Gasteiger partial charge >= 0.3 is 0 Å². The topological polar surface area (TPSA) is 71.8 Å². The molecular weight excluding hydrogens is 218 g/mol. The van der Waals surface area contributed by atoms with Crippen molar-refractivity contribution in [2.24, 2.45) is 7.05 Å². The Bertz CT molecular complexity index is 383. The van der Waals surface area contributed by atoms with E-state index >= 15 is 0 Å². The highest BCUT2D eigenvalue weighted by Gasteiger charge is 2.23. The van der Waals surface area contributed by atoms with E-state index in [9.17, 15) is 4.79 Å². The zero-order valence-corrected chi connectivity index (χ0v) is 10.3. The van der Waals surface area contributed by atoms with Crippen molar-refractivity contribution in [3.8, 4) is 0 Å². The fraction of sp³-hybridized carbons (Fsp3) is 0.727. The SMILES string of the molecule is CC(NC(=O)[C@H]1CCCCN1)c1nncn1C. The lowest BCUT2D eigenvalue weighted by molar-refractivity contribution is -0.124. The van der Waals surface area contributed by atoms with Crippen molar-refractivity contribution in [3.05, 3.63) is 12.2 Å². The van der Waals surface area contributed by atoms with Gasteiger partial charge in [-0.2, -0.15) is 0 Å². The second-order valence-electron chi connectivity index (χ2n) is 4.53. The smallest absolute Gasteiger partial charge is 0.237 e. The van der Waals surface area contributed by atoms with Crippen LogP contribution < -0.4 is 10.6 Å². The summed E-state index contributed by atoms with van der Waals surface area (Å²) >= 11 is 0. The lowest BCUT2D eigenvalue weighted by Gasteiger charge is -2.24. The van der Waals surface area contributed by atoms with E-state index in [1.807, 2.05) is 18.5 Å². The second kappa shape index (κ2) is 5.27. The number of rotatable bonds is 3. The molecule has 2 rings (SSSR count). The Kier molecular flexibility index (Phi) is 3.73. The molecule has 0 spiro atoms. The van der Waals surface area contributed by atoms with Gasteiger partial charge < -0.3 is 15.2 Å². The van der Waals surface area contributed by atoms with Crippen LogP contribution in [0.15, 0.2) is 6.33 Å². The van der Waals surface area contributed by atoms with Gasteiger partial charge in [-0.25, -0.2) is 0 Å². The highest BCUT2D eigenvalue weighted by Crippen LogP contribution is 2.11. The van der Waals surface area contributed by atoms with E-state index in [0.717, 1.165) is 31.6 Å². The molecule has 6 nitrogen and oxygen atoms in total. The summed E-state index contributed by atoms with van der Waals surface area (Å²) in [6.45, 7) is 2.85. The molecule has 0 bridgehead atoms. The third-order valence-electron chi connectivity index (χ3n) is 3.12. The average molecular weight is 237 g/mol. The molecule has 1 aliphatic rings. The van der Waals surface area contributed by atoms with Crippen molar-refractivity contribution in [1.82, 2.24) is 25.4 Å². The van der Waals surface area contributed by atoms with Gasteiger partial charge in [0.05, 0.1) is 12.1 Å². The highest BCUT2D eigenvalue weighted by atomic mass is 16.2. The van der Waals surface area contributed by atoms with Crippen molar-refractivity contribution in [2.75, 3.05) is 6.54 Å². The van der Waals surface area contributed by atoms with Crippen molar-refractivity contribution in [3.63, 3.8) is 0 Å². The van der Waals surface area contributed by atoms with E-state index in [2.05, 4.69) is 20.8 Å². The van der Waals surface area contributed by atoms with Crippen molar-refractivity contribution in [1.29, 1.82) is 0 Å². The zero-order valence-electron chi connectivity index (χ0n) is 10.3. The first-order chi connectivity index (χ1) is 8.18. The number of aryl methyl sites for hydroxylation is 1. The first-order valence-corrected chi connectivity index (χ1v) is 6.06. The lowest BCUT2D eigenvalue weighted by atomic mass is 10.0. The Hall–Kier alpha value is -1.43. The van der Waals surface area contributed by atoms with Crippen molar-refractivity contribution in [2.45, 2.75) is 38.3 Å². The Morgan fingerprint density at radius 1 is 1.65 bits per heavy atom. The molecule has 0 aliphatic carbocycles. The molecule has 1 aromatic rings. The third-order valence-corrected chi connectivity index (χ3v) is 3.12. The van der Waals surface area contributed by atoms with Gasteiger partial charge in [0, 0.05) is 7.05 Å². The van der Waals surface area contributed by atoms with Crippen LogP contribution in [0.5, 0.6) is 0 Å². The minimum Gasteiger partial charge on any atom is -0.345 e. The number of hydrogen-bond acceptors (Lipinski definition) is 4. The molecule has 0 radical (unpaired) electrons. The van der Waals surface area contributed by atoms with Crippen LogP contribution in [0.25, 0.3) is 0 Å². The maximum absolute atomic E-state index is 12.0. The summed E-state index contributed by atoms with van der Waals surface area (Å²) in [7, 11) is 1.87. The van der Waals surface area contributed by atoms with Crippen LogP contribution in [-0.4, -0.2) is 33.3 Å². The summed E-state index contributed by atoms with van der Waals surface area (Å²) in [4.78, 5) is 12.0. The molecule has 1 saturated heterocycles. The normalized spacial score (nSPS) is 22.1. The molecule has 6 heteroatoms. The molecule has 0 saturated carbocycles. The number of aromatic nitrogens is 3. The zero-order chi connectivity index (χ0) is 12.3. The van der Waals surface area contributed by atoms with Gasteiger partial charge in [0.1, 0.15) is 6.33 Å². The van der Waals surface area contributed by atoms with E-state index in [-0.39, 0.29) is 18.0 Å². The predicted molar refractivity (Wildman–Crippen MR) is 63.2 cm³/mol. The molecule has 0 aromatic carbocycles. The van der Waals surface area contributed by atoms with Crippen LogP contribution in [0, 0.1) is 0 Å². The molecule has 1 amide bonds. The number of nitrogens with zero attached hydrogens (tertiary/aromatic N) is 3. The van der Waals surface area contributed by atoms with E-state index in [1.54, 1.807) is 6.33 Å². The fourth-order valence-corrected chi connectivity index (χ4v) is 2.14. The number of amides is 1.